The molecule has 94 valence electrons. The van der Waals surface area contributed by atoms with Crippen molar-refractivity contribution in [3.63, 3.8) is 0 Å². The lowest BCUT2D eigenvalue weighted by atomic mass is 9.91. The van der Waals surface area contributed by atoms with E-state index in [9.17, 15) is 4.79 Å². The Balaban J connectivity index is 1.88. The molecule has 0 amide bonds. The molecule has 0 radical (unpaired) electrons. The van der Waals surface area contributed by atoms with E-state index >= 15 is 0 Å². The zero-order valence-corrected chi connectivity index (χ0v) is 10.5. The molecule has 1 heterocycles. The fraction of sp³-hybridized carbons (Fsp3) is 0.692. The topological polar surface area (TPSA) is 60.9 Å². The maximum atomic E-state index is 12.0. The molecule has 4 nitrogen and oxygen atoms in total. The lowest BCUT2D eigenvalue weighted by molar-refractivity contribution is -0.119. The number of hydrogen-bond donors (Lipinski definition) is 1. The first-order valence-corrected chi connectivity index (χ1v) is 6.43. The van der Waals surface area contributed by atoms with Crippen LogP contribution in [0, 0.1) is 0 Å². The first kappa shape index (κ1) is 12.3. The molecule has 0 bridgehead atoms. The number of aromatic nitrogens is 2. The van der Waals surface area contributed by atoms with Gasteiger partial charge >= 0.3 is 0 Å². The van der Waals surface area contributed by atoms with Crippen molar-refractivity contribution >= 4 is 5.78 Å². The van der Waals surface area contributed by atoms with E-state index < -0.39 is 0 Å². The summed E-state index contributed by atoms with van der Waals surface area (Å²) in [6.07, 6.45) is 9.02. The second kappa shape index (κ2) is 5.00. The standard InChI is InChI=1S/C13H21N3O/c1-2-16-10-11(9-15-16)7-12(17)8-13(14)5-3-4-6-13/h9-10H,2-8,14H2,1H3. The molecule has 2 N–H and O–H groups in total. The summed E-state index contributed by atoms with van der Waals surface area (Å²) in [5.74, 6) is 0.241. The number of nitrogens with two attached hydrogens (primary N) is 1. The highest BCUT2D eigenvalue weighted by molar-refractivity contribution is 5.81. The number of hydrogen-bond acceptors (Lipinski definition) is 3. The summed E-state index contributed by atoms with van der Waals surface area (Å²) in [7, 11) is 0. The molecule has 0 unspecified atom stereocenters. The number of nitrogens with zero attached hydrogens (tertiary/aromatic N) is 2. The third-order valence-electron chi connectivity index (χ3n) is 3.56. The third kappa shape index (κ3) is 3.16. The molecule has 4 heteroatoms. The lowest BCUT2D eigenvalue weighted by Gasteiger charge is -2.22. The van der Waals surface area contributed by atoms with Crippen LogP contribution < -0.4 is 5.73 Å². The van der Waals surface area contributed by atoms with Crippen LogP contribution in [-0.4, -0.2) is 21.1 Å². The Kier molecular flexibility index (Phi) is 3.62. The first-order valence-electron chi connectivity index (χ1n) is 6.43. The van der Waals surface area contributed by atoms with Crippen molar-refractivity contribution in [2.75, 3.05) is 0 Å². The van der Waals surface area contributed by atoms with Crippen LogP contribution in [0.15, 0.2) is 12.4 Å². The largest absolute Gasteiger partial charge is 0.325 e. The number of carbonyl (C=O) groups excluding carboxylic acids is 1. The molecule has 1 fully saturated rings. The summed E-state index contributed by atoms with van der Waals surface area (Å²) >= 11 is 0. The number of ketones is 1. The molecule has 0 saturated heterocycles. The van der Waals surface area contributed by atoms with Gasteiger partial charge in [-0.05, 0) is 25.3 Å². The van der Waals surface area contributed by atoms with Gasteiger partial charge in [0.2, 0.25) is 0 Å². The fourth-order valence-electron chi connectivity index (χ4n) is 2.61. The summed E-state index contributed by atoms with van der Waals surface area (Å²) in [4.78, 5) is 12.0. The highest BCUT2D eigenvalue weighted by atomic mass is 16.1. The van der Waals surface area contributed by atoms with Crippen LogP contribution in [0.1, 0.15) is 44.6 Å². The second-order valence-corrected chi connectivity index (χ2v) is 5.17. The van der Waals surface area contributed by atoms with E-state index in [0.717, 1.165) is 37.8 Å². The summed E-state index contributed by atoms with van der Waals surface area (Å²) in [6.45, 7) is 2.88. The molecule has 1 aliphatic carbocycles. The smallest absolute Gasteiger partial charge is 0.139 e. The molecule has 1 aromatic rings. The van der Waals surface area contributed by atoms with E-state index in [1.54, 1.807) is 6.20 Å². The number of Topliss-reactive ketones (excluding diaryl/α,β-unsaturated/α-hetero) is 1. The molecule has 0 atom stereocenters. The molecule has 1 aliphatic rings. The summed E-state index contributed by atoms with van der Waals surface area (Å²) in [6, 6.07) is 0. The van der Waals surface area contributed by atoms with Crippen LogP contribution >= 0.6 is 0 Å². The fourth-order valence-corrected chi connectivity index (χ4v) is 2.61. The van der Waals surface area contributed by atoms with Gasteiger partial charge < -0.3 is 5.73 Å². The Morgan fingerprint density at radius 2 is 2.24 bits per heavy atom. The Labute approximate surface area is 102 Å². The van der Waals surface area contributed by atoms with Crippen molar-refractivity contribution in [2.24, 2.45) is 5.73 Å². The van der Waals surface area contributed by atoms with Crippen molar-refractivity contribution in [1.82, 2.24) is 9.78 Å². The molecular weight excluding hydrogens is 214 g/mol. The van der Waals surface area contributed by atoms with Gasteiger partial charge in [0.1, 0.15) is 5.78 Å². The number of aryl methyl sites for hydroxylation is 1. The lowest BCUT2D eigenvalue weighted by Crippen LogP contribution is -2.39. The predicted octanol–water partition coefficient (Wildman–Crippen LogP) is 1.68. The number of carbonyl (C=O) groups is 1. The van der Waals surface area contributed by atoms with Crippen molar-refractivity contribution in [3.8, 4) is 0 Å². The van der Waals surface area contributed by atoms with Gasteiger partial charge in [0.25, 0.3) is 0 Å². The zero-order valence-electron chi connectivity index (χ0n) is 10.5. The van der Waals surface area contributed by atoms with Gasteiger partial charge in [-0.2, -0.15) is 5.10 Å². The quantitative estimate of drug-likeness (QED) is 0.844. The van der Waals surface area contributed by atoms with Crippen LogP contribution in [0.4, 0.5) is 0 Å². The van der Waals surface area contributed by atoms with E-state index in [-0.39, 0.29) is 11.3 Å². The monoisotopic (exact) mass is 235 g/mol. The molecule has 1 aromatic heterocycles. The van der Waals surface area contributed by atoms with E-state index in [2.05, 4.69) is 5.10 Å². The van der Waals surface area contributed by atoms with Crippen LogP contribution in [0.25, 0.3) is 0 Å². The molecule has 0 aliphatic heterocycles. The minimum atomic E-state index is -0.224. The molecule has 1 saturated carbocycles. The summed E-state index contributed by atoms with van der Waals surface area (Å²) in [5, 5.41) is 4.17. The summed E-state index contributed by atoms with van der Waals surface area (Å²) in [5.41, 5.74) is 6.98. The Morgan fingerprint density at radius 1 is 1.53 bits per heavy atom. The van der Waals surface area contributed by atoms with Gasteiger partial charge in [-0.15, -0.1) is 0 Å². The van der Waals surface area contributed by atoms with E-state index in [4.69, 9.17) is 5.73 Å². The van der Waals surface area contributed by atoms with E-state index in [1.807, 2.05) is 17.8 Å². The van der Waals surface area contributed by atoms with Gasteiger partial charge in [0.15, 0.2) is 0 Å². The Bertz CT molecular complexity index is 391. The maximum Gasteiger partial charge on any atom is 0.139 e. The van der Waals surface area contributed by atoms with E-state index in [0.29, 0.717) is 12.8 Å². The first-order chi connectivity index (χ1) is 8.11. The average Bonchev–Trinajstić information content (AvgIpc) is 2.87. The highest BCUT2D eigenvalue weighted by Crippen LogP contribution is 2.30. The van der Waals surface area contributed by atoms with Crippen molar-refractivity contribution in [3.05, 3.63) is 18.0 Å². The SMILES string of the molecule is CCn1cc(CC(=O)CC2(N)CCCC2)cn1. The van der Waals surface area contributed by atoms with Gasteiger partial charge in [0, 0.05) is 31.1 Å². The third-order valence-corrected chi connectivity index (χ3v) is 3.56. The molecule has 17 heavy (non-hydrogen) atoms. The zero-order chi connectivity index (χ0) is 12.3. The molecule has 2 rings (SSSR count). The van der Waals surface area contributed by atoms with Crippen molar-refractivity contribution in [2.45, 2.75) is 57.5 Å². The Hall–Kier alpha value is -1.16. The van der Waals surface area contributed by atoms with Crippen molar-refractivity contribution < 1.29 is 4.79 Å². The second-order valence-electron chi connectivity index (χ2n) is 5.17. The van der Waals surface area contributed by atoms with Crippen LogP contribution in [0.5, 0.6) is 0 Å². The minimum absolute atomic E-state index is 0.224. The average molecular weight is 235 g/mol. The number of rotatable bonds is 5. The maximum absolute atomic E-state index is 12.0. The van der Waals surface area contributed by atoms with Crippen LogP contribution in [0.2, 0.25) is 0 Å². The van der Waals surface area contributed by atoms with E-state index in [1.165, 1.54) is 0 Å². The molecule has 0 spiro atoms. The summed E-state index contributed by atoms with van der Waals surface area (Å²) < 4.78 is 1.84. The predicted molar refractivity (Wildman–Crippen MR) is 66.6 cm³/mol. The van der Waals surface area contributed by atoms with Crippen molar-refractivity contribution in [1.29, 1.82) is 0 Å². The van der Waals surface area contributed by atoms with Gasteiger partial charge in [-0.3, -0.25) is 9.48 Å². The molecular formula is C13H21N3O. The highest BCUT2D eigenvalue weighted by Gasteiger charge is 2.31. The normalized spacial score (nSPS) is 18.5. The minimum Gasteiger partial charge on any atom is -0.325 e. The van der Waals surface area contributed by atoms with Gasteiger partial charge in [0.05, 0.1) is 6.20 Å². The van der Waals surface area contributed by atoms with Crippen LogP contribution in [0.3, 0.4) is 0 Å². The molecule has 0 aromatic carbocycles. The van der Waals surface area contributed by atoms with Crippen LogP contribution in [-0.2, 0) is 17.8 Å². The van der Waals surface area contributed by atoms with Gasteiger partial charge in [-0.25, -0.2) is 0 Å². The Morgan fingerprint density at radius 3 is 2.82 bits per heavy atom. The van der Waals surface area contributed by atoms with Gasteiger partial charge in [-0.1, -0.05) is 12.8 Å².